The Kier molecular flexibility index (Phi) is 7.75. The predicted molar refractivity (Wildman–Crippen MR) is 143 cm³/mol. The zero-order valence-corrected chi connectivity index (χ0v) is 22.3. The lowest BCUT2D eigenvalue weighted by atomic mass is 10.0. The van der Waals surface area contributed by atoms with Crippen molar-refractivity contribution in [2.45, 2.75) is 9.79 Å². The SMILES string of the molecule is O=S(=O)(N=C1C=C(N2CCOCC2)C(=NS(=O)(=O)c2ccccc2)C=C1N1CCOCC1)c1ccccc1. The molecule has 0 unspecified atom stereocenters. The van der Waals surface area contributed by atoms with Gasteiger partial charge in [-0.1, -0.05) is 36.4 Å². The van der Waals surface area contributed by atoms with Crippen molar-refractivity contribution in [2.75, 3.05) is 52.6 Å². The summed E-state index contributed by atoms with van der Waals surface area (Å²) in [5.41, 5.74) is 1.39. The third-order valence-electron chi connectivity index (χ3n) is 6.29. The number of sulfonamides is 2. The van der Waals surface area contributed by atoms with Crippen LogP contribution in [0.4, 0.5) is 0 Å². The van der Waals surface area contributed by atoms with Crippen molar-refractivity contribution in [3.8, 4) is 0 Å². The fourth-order valence-corrected chi connectivity index (χ4v) is 6.39. The molecule has 2 heterocycles. The van der Waals surface area contributed by atoms with Crippen LogP contribution >= 0.6 is 0 Å². The molecule has 1 aliphatic carbocycles. The van der Waals surface area contributed by atoms with Gasteiger partial charge in [0.25, 0.3) is 20.0 Å². The van der Waals surface area contributed by atoms with E-state index in [0.29, 0.717) is 64.0 Å². The van der Waals surface area contributed by atoms with Crippen molar-refractivity contribution >= 4 is 31.5 Å². The molecule has 0 saturated carbocycles. The van der Waals surface area contributed by atoms with Gasteiger partial charge in [-0.3, -0.25) is 0 Å². The molecule has 10 nitrogen and oxygen atoms in total. The van der Waals surface area contributed by atoms with E-state index in [4.69, 9.17) is 9.47 Å². The molecule has 12 heteroatoms. The summed E-state index contributed by atoms with van der Waals surface area (Å²) in [5, 5.41) is 0. The number of allylic oxidation sites excluding steroid dienone is 2. The molecule has 38 heavy (non-hydrogen) atoms. The minimum Gasteiger partial charge on any atom is -0.378 e. The average Bonchev–Trinajstić information content (AvgIpc) is 2.95. The third kappa shape index (κ3) is 5.88. The van der Waals surface area contributed by atoms with Crippen molar-refractivity contribution in [1.29, 1.82) is 0 Å². The van der Waals surface area contributed by atoms with Crippen LogP contribution in [0, 0.1) is 0 Å². The van der Waals surface area contributed by atoms with Gasteiger partial charge in [0.15, 0.2) is 0 Å². The molecular weight excluding hydrogens is 528 g/mol. The highest BCUT2D eigenvalue weighted by Crippen LogP contribution is 2.26. The van der Waals surface area contributed by atoms with Gasteiger partial charge in [0, 0.05) is 26.2 Å². The van der Waals surface area contributed by atoms with Crippen LogP contribution < -0.4 is 0 Å². The molecular formula is C26H28N4O6S2. The monoisotopic (exact) mass is 556 g/mol. The van der Waals surface area contributed by atoms with Gasteiger partial charge < -0.3 is 19.3 Å². The van der Waals surface area contributed by atoms with E-state index in [1.165, 1.54) is 24.3 Å². The number of nitrogens with zero attached hydrogens (tertiary/aromatic N) is 4. The molecule has 5 rings (SSSR count). The molecule has 2 saturated heterocycles. The van der Waals surface area contributed by atoms with E-state index in [-0.39, 0.29) is 21.2 Å². The van der Waals surface area contributed by atoms with Crippen LogP contribution in [-0.4, -0.2) is 90.7 Å². The Hall–Kier alpha value is -3.32. The molecule has 0 spiro atoms. The maximum Gasteiger partial charge on any atom is 0.282 e. The highest BCUT2D eigenvalue weighted by atomic mass is 32.2. The highest BCUT2D eigenvalue weighted by molar-refractivity contribution is 7.90. The van der Waals surface area contributed by atoms with E-state index >= 15 is 0 Å². The maximum absolute atomic E-state index is 13.3. The first-order valence-corrected chi connectivity index (χ1v) is 15.1. The molecule has 0 N–H and O–H groups in total. The van der Waals surface area contributed by atoms with Gasteiger partial charge in [0.2, 0.25) is 0 Å². The second-order valence-corrected chi connectivity index (χ2v) is 12.0. The van der Waals surface area contributed by atoms with Crippen molar-refractivity contribution in [1.82, 2.24) is 9.80 Å². The van der Waals surface area contributed by atoms with Crippen LogP contribution in [0.15, 0.2) is 103 Å². The molecule has 0 radical (unpaired) electrons. The van der Waals surface area contributed by atoms with E-state index in [0.717, 1.165) is 0 Å². The van der Waals surface area contributed by atoms with Gasteiger partial charge in [-0.05, 0) is 36.4 Å². The van der Waals surface area contributed by atoms with Crippen molar-refractivity contribution in [3.05, 3.63) is 84.2 Å². The van der Waals surface area contributed by atoms with Crippen molar-refractivity contribution in [3.63, 3.8) is 0 Å². The Balaban J connectivity index is 1.66. The first-order valence-electron chi connectivity index (χ1n) is 12.2. The Morgan fingerprint density at radius 2 is 0.895 bits per heavy atom. The second-order valence-electron chi connectivity index (χ2n) is 8.79. The van der Waals surface area contributed by atoms with Gasteiger partial charge in [-0.15, -0.1) is 0 Å². The second kappa shape index (κ2) is 11.2. The third-order valence-corrected chi connectivity index (χ3v) is 8.90. The van der Waals surface area contributed by atoms with Gasteiger partial charge >= 0.3 is 0 Å². The number of morpholine rings is 2. The summed E-state index contributed by atoms with van der Waals surface area (Å²) >= 11 is 0. The molecule has 200 valence electrons. The fourth-order valence-electron chi connectivity index (χ4n) is 4.37. The van der Waals surface area contributed by atoms with Crippen molar-refractivity contribution in [2.24, 2.45) is 8.80 Å². The lowest BCUT2D eigenvalue weighted by Crippen LogP contribution is -2.42. The summed E-state index contributed by atoms with van der Waals surface area (Å²) in [5.74, 6) is 0. The quantitative estimate of drug-likeness (QED) is 0.497. The fraction of sp³-hybridized carbons (Fsp3) is 0.308. The predicted octanol–water partition coefficient (Wildman–Crippen LogP) is 2.09. The number of ether oxygens (including phenoxy) is 2. The summed E-state index contributed by atoms with van der Waals surface area (Å²) in [6.45, 7) is 3.78. The topological polar surface area (TPSA) is 118 Å². The summed E-state index contributed by atoms with van der Waals surface area (Å²) in [4.78, 5) is 4.03. The molecule has 0 bridgehead atoms. The van der Waals surface area contributed by atoms with Gasteiger partial charge in [0.1, 0.15) is 11.4 Å². The molecule has 2 aromatic carbocycles. The van der Waals surface area contributed by atoms with Crippen LogP contribution in [-0.2, 0) is 29.5 Å². The van der Waals surface area contributed by atoms with E-state index in [1.807, 2.05) is 9.80 Å². The molecule has 2 aromatic rings. The van der Waals surface area contributed by atoms with Crippen LogP contribution in [0.3, 0.4) is 0 Å². The van der Waals surface area contributed by atoms with Gasteiger partial charge in [-0.2, -0.15) is 25.6 Å². The van der Waals surface area contributed by atoms with Crippen LogP contribution in [0.1, 0.15) is 0 Å². The largest absolute Gasteiger partial charge is 0.378 e. The number of benzene rings is 2. The molecule has 0 atom stereocenters. The normalized spacial score (nSPS) is 21.4. The Labute approximate surface area is 222 Å². The summed E-state index contributed by atoms with van der Waals surface area (Å²) in [6, 6.07) is 16.0. The van der Waals surface area contributed by atoms with E-state index in [2.05, 4.69) is 8.80 Å². The van der Waals surface area contributed by atoms with Crippen LogP contribution in [0.2, 0.25) is 0 Å². The molecule has 2 fully saturated rings. The minimum atomic E-state index is -4.04. The van der Waals surface area contributed by atoms with Crippen LogP contribution in [0.25, 0.3) is 0 Å². The summed E-state index contributed by atoms with van der Waals surface area (Å²) in [6.07, 6.45) is 3.24. The standard InChI is InChI=1S/C26H28N4O6S2/c31-37(32,21-7-3-1-4-8-21)27-23-19-26(30-13-17-36-18-14-30)24(20-25(23)29-11-15-35-16-12-29)28-38(33,34)22-9-5-2-6-10-22/h1-10,19-20H,11-18H2. The Morgan fingerprint density at radius 1 is 0.553 bits per heavy atom. The minimum absolute atomic E-state index is 0.0706. The zero-order chi connectivity index (χ0) is 26.6. The Bertz CT molecular complexity index is 1370. The lowest BCUT2D eigenvalue weighted by Gasteiger charge is -2.36. The lowest BCUT2D eigenvalue weighted by molar-refractivity contribution is 0.0552. The first kappa shape index (κ1) is 26.3. The van der Waals surface area contributed by atoms with Crippen molar-refractivity contribution < 1.29 is 26.3 Å². The van der Waals surface area contributed by atoms with Gasteiger partial charge in [-0.25, -0.2) is 0 Å². The summed E-state index contributed by atoms with van der Waals surface area (Å²) in [7, 11) is -8.08. The van der Waals surface area contributed by atoms with E-state index in [9.17, 15) is 16.8 Å². The van der Waals surface area contributed by atoms with E-state index < -0.39 is 20.0 Å². The first-order chi connectivity index (χ1) is 18.3. The summed E-state index contributed by atoms with van der Waals surface area (Å²) < 4.78 is 72.5. The Morgan fingerprint density at radius 3 is 1.24 bits per heavy atom. The molecule has 0 aromatic heterocycles. The maximum atomic E-state index is 13.3. The molecule has 0 amide bonds. The smallest absolute Gasteiger partial charge is 0.282 e. The van der Waals surface area contributed by atoms with Gasteiger partial charge in [0.05, 0.1) is 47.6 Å². The van der Waals surface area contributed by atoms with Crippen LogP contribution in [0.5, 0.6) is 0 Å². The number of hydrogen-bond acceptors (Lipinski definition) is 8. The molecule has 3 aliphatic rings. The van der Waals surface area contributed by atoms with E-state index in [1.54, 1.807) is 48.6 Å². The highest BCUT2D eigenvalue weighted by Gasteiger charge is 2.30. The zero-order valence-electron chi connectivity index (χ0n) is 20.6. The molecule has 2 aliphatic heterocycles. The average molecular weight is 557 g/mol. The number of rotatable bonds is 6. The number of hydrogen-bond donors (Lipinski definition) is 0.